The molecule has 100 valence electrons. The van der Waals surface area contributed by atoms with Crippen molar-refractivity contribution in [2.24, 2.45) is 0 Å². The Labute approximate surface area is 132 Å². The molecule has 0 radical (unpaired) electrons. The van der Waals surface area contributed by atoms with Crippen molar-refractivity contribution in [3.8, 4) is 0 Å². The van der Waals surface area contributed by atoms with Crippen molar-refractivity contribution in [3.63, 3.8) is 0 Å². The van der Waals surface area contributed by atoms with Gasteiger partial charge in [0.05, 0.1) is 8.80 Å². The van der Waals surface area contributed by atoms with Crippen LogP contribution in [-0.2, 0) is 0 Å². The van der Waals surface area contributed by atoms with E-state index in [0.717, 1.165) is 0 Å². The minimum atomic E-state index is -0.852. The normalized spacial score (nSPS) is 17.9. The molecule has 0 saturated carbocycles. The van der Waals surface area contributed by atoms with Gasteiger partial charge in [-0.15, -0.1) is 0 Å². The van der Waals surface area contributed by atoms with Gasteiger partial charge in [-0.2, -0.15) is 0 Å². The Morgan fingerprint density at radius 3 is 1.68 bits per heavy atom. The van der Waals surface area contributed by atoms with E-state index in [1.807, 2.05) is 10.4 Å². The second-order valence-corrected chi connectivity index (χ2v) is 8.37. The van der Waals surface area contributed by atoms with Crippen LogP contribution in [0.25, 0.3) is 0 Å². The monoisotopic (exact) mass is 266 g/mol. The molecule has 0 N–H and O–H groups in total. The topological polar surface area (TPSA) is 0 Å². The van der Waals surface area contributed by atoms with Gasteiger partial charge in [-0.1, -0.05) is 79.1 Å². The molecule has 19 heavy (non-hydrogen) atoms. The van der Waals surface area contributed by atoms with Gasteiger partial charge >= 0.3 is 18.9 Å². The molecule has 2 aliphatic carbocycles. The van der Waals surface area contributed by atoms with Gasteiger partial charge in [-0.05, 0) is 25.7 Å². The standard InChI is InChI=1S/C17H26Si.Li.H/c1-4-8-14-10-6-12-16(14)18(3)17-13-7-11-15(17)9-5-2;;/h6-7,10-11,18H,4-5,8-9,12-13H2,1-3H3;;. The van der Waals surface area contributed by atoms with Crippen LogP contribution in [0.2, 0.25) is 6.55 Å². The zero-order chi connectivity index (χ0) is 13.0. The van der Waals surface area contributed by atoms with Crippen molar-refractivity contribution < 1.29 is 0 Å². The summed E-state index contributed by atoms with van der Waals surface area (Å²) in [7, 11) is -0.852. The predicted molar refractivity (Wildman–Crippen MR) is 91.5 cm³/mol. The Balaban J connectivity index is 0.00000180. The van der Waals surface area contributed by atoms with E-state index < -0.39 is 8.80 Å². The van der Waals surface area contributed by atoms with Crippen molar-refractivity contribution in [2.75, 3.05) is 0 Å². The molecule has 2 rings (SSSR count). The SMILES string of the molecule is CCCC1=C([SiH](C)C2=C(CCC)C=CC2)CC=C1.[LiH]. The van der Waals surface area contributed by atoms with Crippen molar-refractivity contribution >= 4 is 27.7 Å². The quantitative estimate of drug-likeness (QED) is 0.626. The first-order valence-electron chi connectivity index (χ1n) is 7.54. The minimum absolute atomic E-state index is 0. The van der Waals surface area contributed by atoms with Crippen LogP contribution in [0.3, 0.4) is 0 Å². The van der Waals surface area contributed by atoms with E-state index in [1.165, 1.54) is 38.5 Å². The summed E-state index contributed by atoms with van der Waals surface area (Å²) in [5.74, 6) is 0. The van der Waals surface area contributed by atoms with E-state index >= 15 is 0 Å². The fourth-order valence-electron chi connectivity index (χ4n) is 3.28. The molecule has 0 fully saturated rings. The first-order chi connectivity index (χ1) is 8.77. The van der Waals surface area contributed by atoms with Crippen molar-refractivity contribution in [3.05, 3.63) is 45.8 Å². The number of hydrogen-bond acceptors (Lipinski definition) is 0. The first kappa shape index (κ1) is 16.8. The summed E-state index contributed by atoms with van der Waals surface area (Å²) in [4.78, 5) is 0. The molecule has 0 aromatic rings. The molecule has 0 aromatic carbocycles. The van der Waals surface area contributed by atoms with Gasteiger partial charge in [0.2, 0.25) is 0 Å². The molecule has 0 aliphatic heterocycles. The third kappa shape index (κ3) is 3.88. The van der Waals surface area contributed by atoms with E-state index in [9.17, 15) is 0 Å². The Hall–Kier alpha value is -0.226. The summed E-state index contributed by atoms with van der Waals surface area (Å²) in [6, 6.07) is 0. The van der Waals surface area contributed by atoms with Gasteiger partial charge in [0.1, 0.15) is 0 Å². The molecule has 0 saturated heterocycles. The van der Waals surface area contributed by atoms with E-state index in [4.69, 9.17) is 0 Å². The summed E-state index contributed by atoms with van der Waals surface area (Å²) in [5, 5.41) is 3.65. The van der Waals surface area contributed by atoms with Crippen LogP contribution in [0.15, 0.2) is 45.8 Å². The first-order valence-corrected chi connectivity index (χ1v) is 9.85. The summed E-state index contributed by atoms with van der Waals surface area (Å²) >= 11 is 0. The Bertz CT molecular complexity index is 387. The molecule has 0 atom stereocenters. The van der Waals surface area contributed by atoms with E-state index in [2.05, 4.69) is 44.7 Å². The van der Waals surface area contributed by atoms with Gasteiger partial charge in [-0.3, -0.25) is 0 Å². The number of allylic oxidation sites excluding steroid dienone is 8. The molecule has 2 heteroatoms. The van der Waals surface area contributed by atoms with Crippen LogP contribution in [-0.4, -0.2) is 27.7 Å². The van der Waals surface area contributed by atoms with E-state index in [-0.39, 0.29) is 18.9 Å². The van der Waals surface area contributed by atoms with Gasteiger partial charge < -0.3 is 0 Å². The molecule has 0 nitrogen and oxygen atoms in total. The van der Waals surface area contributed by atoms with Crippen LogP contribution >= 0.6 is 0 Å². The van der Waals surface area contributed by atoms with Crippen molar-refractivity contribution in [1.82, 2.24) is 0 Å². The summed E-state index contributed by atoms with van der Waals surface area (Å²) in [5.41, 5.74) is 3.35. The number of hydrogen-bond donors (Lipinski definition) is 0. The van der Waals surface area contributed by atoms with Crippen LogP contribution < -0.4 is 0 Å². The second-order valence-electron chi connectivity index (χ2n) is 5.54. The fourth-order valence-corrected chi connectivity index (χ4v) is 6.27. The van der Waals surface area contributed by atoms with Gasteiger partial charge in [0.15, 0.2) is 0 Å². The van der Waals surface area contributed by atoms with Crippen molar-refractivity contribution in [1.29, 1.82) is 0 Å². The Morgan fingerprint density at radius 1 is 0.895 bits per heavy atom. The van der Waals surface area contributed by atoms with Crippen LogP contribution in [0.1, 0.15) is 52.4 Å². The van der Waals surface area contributed by atoms with E-state index in [1.54, 1.807) is 11.1 Å². The molecule has 0 unspecified atom stereocenters. The third-order valence-corrected chi connectivity index (χ3v) is 7.53. The second kappa shape index (κ2) is 8.15. The summed E-state index contributed by atoms with van der Waals surface area (Å²) in [6.45, 7) is 7.14. The fraction of sp³-hybridized carbons (Fsp3) is 0.529. The number of rotatable bonds is 6. The summed E-state index contributed by atoms with van der Waals surface area (Å²) < 4.78 is 0. The molecular formula is C17H27LiSi. The molecule has 0 bridgehead atoms. The zero-order valence-corrected chi connectivity index (χ0v) is 13.3. The molecule has 0 amide bonds. The average molecular weight is 266 g/mol. The third-order valence-electron chi connectivity index (χ3n) is 4.22. The molecule has 0 spiro atoms. The van der Waals surface area contributed by atoms with Gasteiger partial charge in [0, 0.05) is 0 Å². The molecular weight excluding hydrogens is 239 g/mol. The van der Waals surface area contributed by atoms with Crippen LogP contribution in [0, 0.1) is 0 Å². The van der Waals surface area contributed by atoms with Crippen LogP contribution in [0.4, 0.5) is 0 Å². The summed E-state index contributed by atoms with van der Waals surface area (Å²) in [6.07, 6.45) is 17.2. The molecule has 0 aromatic heterocycles. The maximum atomic E-state index is 2.55. The molecule has 0 heterocycles. The predicted octanol–water partition coefficient (Wildman–Crippen LogP) is 4.39. The average Bonchev–Trinajstić information content (AvgIpc) is 2.98. The van der Waals surface area contributed by atoms with Gasteiger partial charge in [0.25, 0.3) is 0 Å². The van der Waals surface area contributed by atoms with Crippen LogP contribution in [0.5, 0.6) is 0 Å². The maximum absolute atomic E-state index is 2.55. The Morgan fingerprint density at radius 2 is 1.32 bits per heavy atom. The van der Waals surface area contributed by atoms with E-state index in [0.29, 0.717) is 0 Å². The molecule has 2 aliphatic rings. The zero-order valence-electron chi connectivity index (χ0n) is 12.1. The van der Waals surface area contributed by atoms with Crippen molar-refractivity contribution in [2.45, 2.75) is 58.9 Å². The Kier molecular flexibility index (Phi) is 7.22. The van der Waals surface area contributed by atoms with Gasteiger partial charge in [-0.25, -0.2) is 0 Å².